The SMILES string of the molecule is CC(C)(C)OC(=O)NCc1ccc(-c2ccc(NC(=O)C3(c4ccc5c(c4)OCO5)CC3)nc2)cc1. The van der Waals surface area contributed by atoms with Gasteiger partial charge in [-0.15, -0.1) is 0 Å². The van der Waals surface area contributed by atoms with Gasteiger partial charge >= 0.3 is 6.09 Å². The van der Waals surface area contributed by atoms with Crippen LogP contribution in [0.15, 0.2) is 60.8 Å². The molecule has 0 spiro atoms. The fourth-order valence-corrected chi connectivity index (χ4v) is 4.14. The first-order valence-corrected chi connectivity index (χ1v) is 12.0. The van der Waals surface area contributed by atoms with Gasteiger partial charge in [-0.1, -0.05) is 30.3 Å². The molecule has 2 aliphatic rings. The van der Waals surface area contributed by atoms with E-state index in [1.165, 1.54) is 0 Å². The second-order valence-electron chi connectivity index (χ2n) is 10.1. The predicted molar refractivity (Wildman–Crippen MR) is 135 cm³/mol. The molecule has 0 radical (unpaired) electrons. The summed E-state index contributed by atoms with van der Waals surface area (Å²) in [6.45, 7) is 6.07. The molecule has 0 bridgehead atoms. The molecule has 3 aromatic rings. The van der Waals surface area contributed by atoms with Gasteiger partial charge in [0.25, 0.3) is 0 Å². The maximum absolute atomic E-state index is 13.1. The molecule has 2 aromatic carbocycles. The molecule has 36 heavy (non-hydrogen) atoms. The molecule has 2 amide bonds. The summed E-state index contributed by atoms with van der Waals surface area (Å²) in [5.41, 5.74) is 2.72. The van der Waals surface area contributed by atoms with E-state index in [-0.39, 0.29) is 12.7 Å². The predicted octanol–water partition coefficient (Wildman–Crippen LogP) is 5.17. The molecule has 0 saturated heterocycles. The lowest BCUT2D eigenvalue weighted by Gasteiger charge is -2.19. The van der Waals surface area contributed by atoms with Gasteiger partial charge in [-0.25, -0.2) is 9.78 Å². The molecule has 8 nitrogen and oxygen atoms in total. The maximum atomic E-state index is 13.1. The zero-order valence-electron chi connectivity index (χ0n) is 20.6. The standard InChI is InChI=1S/C28H29N3O5/c1-27(2,3)36-26(33)30-15-18-4-6-19(7-5-18)20-8-11-24(29-16-20)31-25(32)28(12-13-28)21-9-10-22-23(14-21)35-17-34-22/h4-11,14,16H,12-13,15,17H2,1-3H3,(H,30,33)(H,29,31,32). The third-order valence-electron chi connectivity index (χ3n) is 6.24. The first-order chi connectivity index (χ1) is 17.2. The van der Waals surface area contributed by atoms with Gasteiger partial charge in [0, 0.05) is 18.3 Å². The van der Waals surface area contributed by atoms with E-state index < -0.39 is 17.1 Å². The lowest BCUT2D eigenvalue weighted by molar-refractivity contribution is -0.118. The van der Waals surface area contributed by atoms with Crippen molar-refractivity contribution in [2.24, 2.45) is 0 Å². The minimum Gasteiger partial charge on any atom is -0.454 e. The Hall–Kier alpha value is -4.07. The van der Waals surface area contributed by atoms with Crippen molar-refractivity contribution in [2.45, 2.75) is 51.2 Å². The van der Waals surface area contributed by atoms with E-state index in [4.69, 9.17) is 14.2 Å². The lowest BCUT2D eigenvalue weighted by Crippen LogP contribution is -2.32. The van der Waals surface area contributed by atoms with Gasteiger partial charge in [0.15, 0.2) is 11.5 Å². The summed E-state index contributed by atoms with van der Waals surface area (Å²) in [5.74, 6) is 1.83. The van der Waals surface area contributed by atoms with Crippen molar-refractivity contribution in [1.29, 1.82) is 0 Å². The molecular formula is C28H29N3O5. The van der Waals surface area contributed by atoms with Gasteiger partial charge in [-0.05, 0) is 74.6 Å². The van der Waals surface area contributed by atoms with Gasteiger partial charge in [-0.3, -0.25) is 4.79 Å². The Balaban J connectivity index is 1.19. The molecule has 5 rings (SSSR count). The molecule has 1 aromatic heterocycles. The Kier molecular flexibility index (Phi) is 6.04. The van der Waals surface area contributed by atoms with Crippen LogP contribution in [-0.4, -0.2) is 29.4 Å². The number of nitrogens with zero attached hydrogens (tertiary/aromatic N) is 1. The van der Waals surface area contributed by atoms with Gasteiger partial charge in [0.05, 0.1) is 5.41 Å². The van der Waals surface area contributed by atoms with E-state index in [0.717, 1.165) is 35.1 Å². The minimum atomic E-state index is -0.551. The number of benzene rings is 2. The Labute approximate surface area is 210 Å². The van der Waals surface area contributed by atoms with Crippen molar-refractivity contribution in [1.82, 2.24) is 10.3 Å². The zero-order valence-corrected chi connectivity index (χ0v) is 20.6. The summed E-state index contributed by atoms with van der Waals surface area (Å²) in [7, 11) is 0. The molecule has 0 unspecified atom stereocenters. The van der Waals surface area contributed by atoms with Crippen molar-refractivity contribution in [3.8, 4) is 22.6 Å². The number of pyridine rings is 1. The quantitative estimate of drug-likeness (QED) is 0.498. The number of hydrogen-bond acceptors (Lipinski definition) is 6. The van der Waals surface area contributed by atoms with Crippen LogP contribution in [-0.2, 0) is 21.5 Å². The van der Waals surface area contributed by atoms with Crippen LogP contribution in [0.25, 0.3) is 11.1 Å². The van der Waals surface area contributed by atoms with Crippen molar-refractivity contribution >= 4 is 17.8 Å². The first-order valence-electron chi connectivity index (χ1n) is 12.0. The smallest absolute Gasteiger partial charge is 0.407 e. The number of alkyl carbamates (subject to hydrolysis) is 1. The van der Waals surface area contributed by atoms with Gasteiger partial charge in [-0.2, -0.15) is 0 Å². The third-order valence-corrected chi connectivity index (χ3v) is 6.24. The number of hydrogen-bond donors (Lipinski definition) is 2. The zero-order chi connectivity index (χ0) is 25.3. The number of aromatic nitrogens is 1. The summed E-state index contributed by atoms with van der Waals surface area (Å²) in [6, 6.07) is 17.3. The molecule has 186 valence electrons. The molecular weight excluding hydrogens is 458 g/mol. The van der Waals surface area contributed by atoms with Gasteiger partial charge in [0.2, 0.25) is 12.7 Å². The minimum absolute atomic E-state index is 0.0662. The van der Waals surface area contributed by atoms with Gasteiger partial charge in [0.1, 0.15) is 11.4 Å². The van der Waals surface area contributed by atoms with Crippen molar-refractivity contribution < 1.29 is 23.8 Å². The van der Waals surface area contributed by atoms with E-state index in [1.807, 2.05) is 69.3 Å². The number of fused-ring (bicyclic) bond motifs is 1. The van der Waals surface area contributed by atoms with Crippen molar-refractivity contribution in [3.63, 3.8) is 0 Å². The number of rotatable bonds is 6. The number of anilines is 1. The van der Waals surface area contributed by atoms with E-state index in [2.05, 4.69) is 15.6 Å². The summed E-state index contributed by atoms with van der Waals surface area (Å²) in [6.07, 6.45) is 2.86. The number of amides is 2. The Bertz CT molecular complexity index is 1280. The van der Waals surface area contributed by atoms with Crippen LogP contribution in [0.5, 0.6) is 11.5 Å². The number of ether oxygens (including phenoxy) is 3. The second kappa shape index (κ2) is 9.18. The van der Waals surface area contributed by atoms with Crippen LogP contribution in [0.2, 0.25) is 0 Å². The highest BCUT2D eigenvalue weighted by Crippen LogP contribution is 2.51. The van der Waals surface area contributed by atoms with E-state index in [0.29, 0.717) is 23.9 Å². The van der Waals surface area contributed by atoms with Crippen molar-refractivity contribution in [2.75, 3.05) is 12.1 Å². The fourth-order valence-electron chi connectivity index (χ4n) is 4.14. The summed E-state index contributed by atoms with van der Waals surface area (Å²) in [5, 5.41) is 5.72. The third kappa shape index (κ3) is 5.12. The maximum Gasteiger partial charge on any atom is 0.407 e. The Morgan fingerprint density at radius 1 is 0.972 bits per heavy atom. The molecule has 1 aliphatic heterocycles. The van der Waals surface area contributed by atoms with E-state index in [9.17, 15) is 9.59 Å². The summed E-state index contributed by atoms with van der Waals surface area (Å²) in [4.78, 5) is 29.4. The molecule has 2 heterocycles. The average Bonchev–Trinajstić information content (AvgIpc) is 3.53. The number of carbonyl (C=O) groups excluding carboxylic acids is 2. The molecule has 1 aliphatic carbocycles. The highest BCUT2D eigenvalue weighted by atomic mass is 16.7. The average molecular weight is 488 g/mol. The van der Waals surface area contributed by atoms with Crippen LogP contribution in [0.1, 0.15) is 44.7 Å². The number of carbonyl (C=O) groups is 2. The second-order valence-corrected chi connectivity index (χ2v) is 10.1. The lowest BCUT2D eigenvalue weighted by atomic mass is 9.94. The summed E-state index contributed by atoms with van der Waals surface area (Å²) >= 11 is 0. The monoisotopic (exact) mass is 487 g/mol. The van der Waals surface area contributed by atoms with E-state index >= 15 is 0 Å². The van der Waals surface area contributed by atoms with E-state index in [1.54, 1.807) is 12.3 Å². The molecule has 1 fully saturated rings. The van der Waals surface area contributed by atoms with Crippen LogP contribution in [0, 0.1) is 0 Å². The first kappa shape index (κ1) is 23.7. The Morgan fingerprint density at radius 3 is 2.36 bits per heavy atom. The molecule has 2 N–H and O–H groups in total. The van der Waals surface area contributed by atoms with Gasteiger partial charge < -0.3 is 24.8 Å². The van der Waals surface area contributed by atoms with Crippen LogP contribution >= 0.6 is 0 Å². The Morgan fingerprint density at radius 2 is 1.69 bits per heavy atom. The van der Waals surface area contributed by atoms with Crippen LogP contribution in [0.3, 0.4) is 0 Å². The molecule has 0 atom stereocenters. The molecule has 8 heteroatoms. The normalized spacial score (nSPS) is 15.2. The van der Waals surface area contributed by atoms with Crippen molar-refractivity contribution in [3.05, 3.63) is 71.9 Å². The topological polar surface area (TPSA) is 98.8 Å². The van der Waals surface area contributed by atoms with Crippen LogP contribution in [0.4, 0.5) is 10.6 Å². The number of nitrogens with one attached hydrogen (secondary N) is 2. The highest BCUT2D eigenvalue weighted by molar-refractivity contribution is 6.01. The summed E-state index contributed by atoms with van der Waals surface area (Å²) < 4.78 is 16.1. The molecule has 1 saturated carbocycles. The highest BCUT2D eigenvalue weighted by Gasteiger charge is 2.51. The largest absolute Gasteiger partial charge is 0.454 e. The fraction of sp³-hybridized carbons (Fsp3) is 0.321. The van der Waals surface area contributed by atoms with Crippen LogP contribution < -0.4 is 20.1 Å².